The number of β-amino-alcohol motifs (C(OH)–C–C–N with tert-alkyl or cyclic N) is 2. The van der Waals surface area contributed by atoms with Gasteiger partial charge in [-0.15, -0.1) is 0 Å². The lowest BCUT2D eigenvalue weighted by atomic mass is 9.85. The number of aliphatic hydroxyl groups excluding tert-OH is 1. The molecule has 0 bridgehead atoms. The van der Waals surface area contributed by atoms with Gasteiger partial charge in [0, 0.05) is 25.1 Å². The molecule has 0 saturated carbocycles. The van der Waals surface area contributed by atoms with Crippen LogP contribution in [0.3, 0.4) is 0 Å². The summed E-state index contributed by atoms with van der Waals surface area (Å²) in [7, 11) is 1.63. The van der Waals surface area contributed by atoms with Gasteiger partial charge in [-0.25, -0.2) is 0 Å². The lowest BCUT2D eigenvalue weighted by Crippen LogP contribution is -2.47. The van der Waals surface area contributed by atoms with Crippen molar-refractivity contribution >= 4 is 0 Å². The van der Waals surface area contributed by atoms with Gasteiger partial charge in [0.25, 0.3) is 0 Å². The van der Waals surface area contributed by atoms with E-state index >= 15 is 0 Å². The van der Waals surface area contributed by atoms with Crippen molar-refractivity contribution in [2.45, 2.75) is 44.0 Å². The number of para-hydroxylation sites is 1. The van der Waals surface area contributed by atoms with E-state index in [4.69, 9.17) is 9.47 Å². The molecule has 2 heterocycles. The number of piperidine rings is 1. The van der Waals surface area contributed by atoms with Gasteiger partial charge < -0.3 is 19.7 Å². The Morgan fingerprint density at radius 1 is 1.29 bits per heavy atom. The van der Waals surface area contributed by atoms with Crippen LogP contribution in [0, 0.1) is 0 Å². The fraction of sp³-hybridized carbons (Fsp3) is 0.478. The Balaban J connectivity index is 1.47. The topological polar surface area (TPSA) is 62.2 Å². The van der Waals surface area contributed by atoms with E-state index in [9.17, 15) is 10.2 Å². The second kappa shape index (κ2) is 7.74. The number of aliphatic hydroxyl groups is 2. The van der Waals surface area contributed by atoms with Crippen molar-refractivity contribution in [1.29, 1.82) is 0 Å². The summed E-state index contributed by atoms with van der Waals surface area (Å²) in [4.78, 5) is 2.15. The van der Waals surface area contributed by atoms with Crippen molar-refractivity contribution in [2.75, 3.05) is 26.7 Å². The summed E-state index contributed by atoms with van der Waals surface area (Å²) in [6.07, 6.45) is 2.04. The molecule has 4 rings (SSSR count). The van der Waals surface area contributed by atoms with Crippen molar-refractivity contribution in [3.8, 4) is 11.5 Å². The number of fused-ring (bicyclic) bond motifs is 1. The van der Waals surface area contributed by atoms with Crippen LogP contribution >= 0.6 is 0 Å². The average Bonchev–Trinajstić information content (AvgIpc) is 3.07. The maximum absolute atomic E-state index is 11.3. The van der Waals surface area contributed by atoms with Gasteiger partial charge in [0.1, 0.15) is 23.2 Å². The van der Waals surface area contributed by atoms with E-state index in [1.54, 1.807) is 7.11 Å². The predicted molar refractivity (Wildman–Crippen MR) is 108 cm³/mol. The van der Waals surface area contributed by atoms with E-state index in [1.807, 2.05) is 36.4 Å². The number of nitrogens with zero attached hydrogens (tertiary/aromatic N) is 1. The van der Waals surface area contributed by atoms with Gasteiger partial charge in [-0.2, -0.15) is 0 Å². The molecule has 5 nitrogen and oxygen atoms in total. The molecule has 1 saturated heterocycles. The number of benzene rings is 2. The maximum Gasteiger partial charge on any atom is 0.124 e. The van der Waals surface area contributed by atoms with Crippen LogP contribution in [-0.4, -0.2) is 48.0 Å². The molecule has 28 heavy (non-hydrogen) atoms. The van der Waals surface area contributed by atoms with Crippen molar-refractivity contribution in [2.24, 2.45) is 0 Å². The van der Waals surface area contributed by atoms with Crippen LogP contribution in [0.15, 0.2) is 42.5 Å². The normalized spacial score (nSPS) is 25.8. The van der Waals surface area contributed by atoms with Gasteiger partial charge in [0.2, 0.25) is 0 Å². The SMILES string of the molecule is COc1ccccc1[C@]1(O)CCCN(C[C@H](O)c2ccc3c(c2)C[C@@H](C)O3)C1. The Kier molecular flexibility index (Phi) is 5.32. The first-order valence-corrected chi connectivity index (χ1v) is 10.0. The highest BCUT2D eigenvalue weighted by Crippen LogP contribution is 2.37. The zero-order valence-electron chi connectivity index (χ0n) is 16.6. The fourth-order valence-electron chi connectivity index (χ4n) is 4.53. The molecular formula is C23H29NO4. The third kappa shape index (κ3) is 3.75. The number of ether oxygens (including phenoxy) is 2. The van der Waals surface area contributed by atoms with Gasteiger partial charge in [-0.3, -0.25) is 4.90 Å². The van der Waals surface area contributed by atoms with Crippen LogP contribution in [0.25, 0.3) is 0 Å². The van der Waals surface area contributed by atoms with Crippen LogP contribution in [0.1, 0.15) is 42.6 Å². The second-order valence-corrected chi connectivity index (χ2v) is 8.09. The summed E-state index contributed by atoms with van der Waals surface area (Å²) in [5, 5.41) is 22.2. The third-order valence-corrected chi connectivity index (χ3v) is 5.89. The summed E-state index contributed by atoms with van der Waals surface area (Å²) < 4.78 is 11.2. The lowest BCUT2D eigenvalue weighted by molar-refractivity contribution is -0.0474. The predicted octanol–water partition coefficient (Wildman–Crippen LogP) is 3.04. The molecule has 0 aromatic heterocycles. The Hall–Kier alpha value is -2.08. The molecule has 2 N–H and O–H groups in total. The molecule has 5 heteroatoms. The summed E-state index contributed by atoms with van der Waals surface area (Å²) in [5.41, 5.74) is 1.92. The Morgan fingerprint density at radius 2 is 2.11 bits per heavy atom. The number of methoxy groups -OCH3 is 1. The van der Waals surface area contributed by atoms with Crippen molar-refractivity contribution < 1.29 is 19.7 Å². The molecule has 0 radical (unpaired) electrons. The molecule has 0 aliphatic carbocycles. The summed E-state index contributed by atoms with van der Waals surface area (Å²) in [5.74, 6) is 1.63. The van der Waals surface area contributed by atoms with Gasteiger partial charge in [-0.1, -0.05) is 24.3 Å². The van der Waals surface area contributed by atoms with Crippen molar-refractivity contribution in [3.05, 3.63) is 59.2 Å². The molecule has 2 aromatic rings. The molecule has 150 valence electrons. The molecule has 0 spiro atoms. The van der Waals surface area contributed by atoms with Crippen LogP contribution in [-0.2, 0) is 12.0 Å². The van der Waals surface area contributed by atoms with E-state index in [-0.39, 0.29) is 6.10 Å². The molecule has 0 unspecified atom stereocenters. The zero-order valence-corrected chi connectivity index (χ0v) is 16.6. The Bertz CT molecular complexity index is 839. The summed E-state index contributed by atoms with van der Waals surface area (Å²) in [6.45, 7) is 3.89. The first-order valence-electron chi connectivity index (χ1n) is 10.0. The third-order valence-electron chi connectivity index (χ3n) is 5.89. The monoisotopic (exact) mass is 383 g/mol. The second-order valence-electron chi connectivity index (χ2n) is 8.09. The molecule has 2 aliphatic rings. The standard InChI is InChI=1S/C23H29NO4/c1-16-12-18-13-17(8-9-21(18)28-16)20(25)14-24-11-5-10-23(26,15-24)19-6-3-4-7-22(19)27-2/h3-4,6-9,13,16,20,25-26H,5,10-12,14-15H2,1-2H3/t16-,20+,23+/m1/s1. The average molecular weight is 383 g/mol. The number of rotatable bonds is 5. The minimum Gasteiger partial charge on any atom is -0.496 e. The smallest absolute Gasteiger partial charge is 0.124 e. The van der Waals surface area contributed by atoms with Crippen molar-refractivity contribution in [3.63, 3.8) is 0 Å². The van der Waals surface area contributed by atoms with Gasteiger partial charge >= 0.3 is 0 Å². The minimum absolute atomic E-state index is 0.195. The first kappa shape index (κ1) is 19.2. The Morgan fingerprint density at radius 3 is 2.93 bits per heavy atom. The molecule has 3 atom stereocenters. The highest BCUT2D eigenvalue weighted by molar-refractivity contribution is 5.41. The quantitative estimate of drug-likeness (QED) is 0.831. The minimum atomic E-state index is -0.966. The van der Waals surface area contributed by atoms with E-state index in [0.29, 0.717) is 25.3 Å². The molecular weight excluding hydrogens is 354 g/mol. The van der Waals surface area contributed by atoms with E-state index in [0.717, 1.165) is 41.8 Å². The zero-order chi connectivity index (χ0) is 19.7. The van der Waals surface area contributed by atoms with E-state index < -0.39 is 11.7 Å². The molecule has 2 aromatic carbocycles. The maximum atomic E-state index is 11.3. The van der Waals surface area contributed by atoms with Crippen LogP contribution < -0.4 is 9.47 Å². The molecule has 2 aliphatic heterocycles. The van der Waals surface area contributed by atoms with E-state index in [2.05, 4.69) is 17.9 Å². The highest BCUT2D eigenvalue weighted by Gasteiger charge is 2.37. The van der Waals surface area contributed by atoms with Gasteiger partial charge in [0.05, 0.1) is 13.2 Å². The number of hydrogen-bond acceptors (Lipinski definition) is 5. The summed E-state index contributed by atoms with van der Waals surface area (Å²) >= 11 is 0. The number of hydrogen-bond donors (Lipinski definition) is 2. The fourth-order valence-corrected chi connectivity index (χ4v) is 4.53. The van der Waals surface area contributed by atoms with Gasteiger partial charge in [0.15, 0.2) is 0 Å². The van der Waals surface area contributed by atoms with Crippen LogP contribution in [0.4, 0.5) is 0 Å². The Labute approximate surface area is 166 Å². The van der Waals surface area contributed by atoms with Crippen molar-refractivity contribution in [1.82, 2.24) is 4.90 Å². The summed E-state index contributed by atoms with van der Waals surface area (Å²) in [6, 6.07) is 13.6. The molecule has 1 fully saturated rings. The largest absolute Gasteiger partial charge is 0.496 e. The lowest BCUT2D eigenvalue weighted by Gasteiger charge is -2.40. The van der Waals surface area contributed by atoms with Gasteiger partial charge in [-0.05, 0) is 55.6 Å². The molecule has 0 amide bonds. The van der Waals surface area contributed by atoms with Crippen LogP contribution in [0.2, 0.25) is 0 Å². The highest BCUT2D eigenvalue weighted by atomic mass is 16.5. The van der Waals surface area contributed by atoms with Crippen LogP contribution in [0.5, 0.6) is 11.5 Å². The van der Waals surface area contributed by atoms with E-state index in [1.165, 1.54) is 0 Å². The number of likely N-dealkylation sites (tertiary alicyclic amines) is 1. The first-order chi connectivity index (χ1) is 13.5.